The number of esters is 3. The van der Waals surface area contributed by atoms with Gasteiger partial charge in [0.2, 0.25) is 0 Å². The number of carbonyl (C=O) groups excluding carboxylic acids is 3. The van der Waals surface area contributed by atoms with Gasteiger partial charge in [-0.1, -0.05) is 220 Å². The third-order valence-corrected chi connectivity index (χ3v) is 10.9. The third kappa shape index (κ3) is 39.9. The van der Waals surface area contributed by atoms with E-state index in [1.807, 2.05) is 0 Å². The van der Waals surface area contributed by atoms with Crippen LogP contribution >= 0.6 is 0 Å². The summed E-state index contributed by atoms with van der Waals surface area (Å²) < 4.78 is 16.7. The first-order valence-electron chi connectivity index (χ1n) is 23.4. The van der Waals surface area contributed by atoms with Gasteiger partial charge in [-0.3, -0.25) is 14.4 Å². The van der Waals surface area contributed by atoms with Gasteiger partial charge in [0.25, 0.3) is 0 Å². The Labute approximate surface area is 329 Å². The molecule has 6 nitrogen and oxygen atoms in total. The maximum absolute atomic E-state index is 12.7. The largest absolute Gasteiger partial charge is 0.462 e. The van der Waals surface area contributed by atoms with Crippen molar-refractivity contribution in [1.29, 1.82) is 0 Å². The standard InChI is InChI=1S/C47H90O6/c1-5-8-10-12-14-16-17-18-19-20-21-22-24-26-31-35-39-46(49)52-42-44(41-51-45(48)38-34-30-25-23-15-13-11-9-6-2)53-47(50)40-36-32-28-27-29-33-37-43(4)7-3/h43-44H,5-42H2,1-4H3/t43?,44-/m0/s1. The molecule has 0 rings (SSSR count). The minimum atomic E-state index is -0.759. The van der Waals surface area contributed by atoms with Gasteiger partial charge < -0.3 is 14.2 Å². The first kappa shape index (κ1) is 51.4. The van der Waals surface area contributed by atoms with Crippen LogP contribution in [0.1, 0.15) is 259 Å². The molecule has 0 bridgehead atoms. The number of carbonyl (C=O) groups is 3. The molecule has 0 N–H and O–H groups in total. The van der Waals surface area contributed by atoms with Crippen LogP contribution in [0.25, 0.3) is 0 Å². The van der Waals surface area contributed by atoms with Crippen LogP contribution in [0.3, 0.4) is 0 Å². The van der Waals surface area contributed by atoms with Gasteiger partial charge in [0, 0.05) is 19.3 Å². The highest BCUT2D eigenvalue weighted by Gasteiger charge is 2.19. The van der Waals surface area contributed by atoms with Crippen LogP contribution in [0, 0.1) is 5.92 Å². The number of hydrogen-bond acceptors (Lipinski definition) is 6. The van der Waals surface area contributed by atoms with E-state index < -0.39 is 6.10 Å². The molecule has 0 fully saturated rings. The number of rotatable bonds is 42. The van der Waals surface area contributed by atoms with Crippen LogP contribution < -0.4 is 0 Å². The van der Waals surface area contributed by atoms with Gasteiger partial charge >= 0.3 is 17.9 Å². The van der Waals surface area contributed by atoms with Gasteiger partial charge in [0.15, 0.2) is 6.10 Å². The summed E-state index contributed by atoms with van der Waals surface area (Å²) in [5, 5.41) is 0. The molecule has 0 aromatic carbocycles. The summed E-state index contributed by atoms with van der Waals surface area (Å²) in [5.74, 6) is -0.0480. The van der Waals surface area contributed by atoms with Crippen molar-refractivity contribution in [1.82, 2.24) is 0 Å². The Hall–Kier alpha value is -1.59. The average Bonchev–Trinajstić information content (AvgIpc) is 3.15. The van der Waals surface area contributed by atoms with Gasteiger partial charge in [-0.25, -0.2) is 0 Å². The molecule has 2 atom stereocenters. The van der Waals surface area contributed by atoms with Crippen molar-refractivity contribution in [2.45, 2.75) is 265 Å². The second-order valence-electron chi connectivity index (χ2n) is 16.3. The summed E-state index contributed by atoms with van der Waals surface area (Å²) in [7, 11) is 0. The lowest BCUT2D eigenvalue weighted by molar-refractivity contribution is -0.167. The molecular weight excluding hydrogens is 661 g/mol. The van der Waals surface area contributed by atoms with E-state index in [-0.39, 0.29) is 31.1 Å². The third-order valence-electron chi connectivity index (χ3n) is 10.9. The summed E-state index contributed by atoms with van der Waals surface area (Å²) in [6.07, 6.45) is 40.9. The van der Waals surface area contributed by atoms with E-state index in [2.05, 4.69) is 27.7 Å². The maximum Gasteiger partial charge on any atom is 0.306 e. The quantitative estimate of drug-likeness (QED) is 0.0351. The van der Waals surface area contributed by atoms with Crippen LogP contribution in [0.5, 0.6) is 0 Å². The fraction of sp³-hybridized carbons (Fsp3) is 0.936. The van der Waals surface area contributed by atoms with Crippen LogP contribution in [0.2, 0.25) is 0 Å². The summed E-state index contributed by atoms with van der Waals surface area (Å²) in [6, 6.07) is 0. The topological polar surface area (TPSA) is 78.9 Å². The lowest BCUT2D eigenvalue weighted by atomic mass is 10.00. The Bertz CT molecular complexity index is 798. The van der Waals surface area contributed by atoms with E-state index in [4.69, 9.17) is 14.2 Å². The monoisotopic (exact) mass is 751 g/mol. The molecule has 0 aliphatic heterocycles. The molecule has 6 heteroatoms. The lowest BCUT2D eigenvalue weighted by Crippen LogP contribution is -2.30. The van der Waals surface area contributed by atoms with Gasteiger partial charge in [0.1, 0.15) is 13.2 Å². The van der Waals surface area contributed by atoms with E-state index >= 15 is 0 Å². The number of unbranched alkanes of at least 4 members (excludes halogenated alkanes) is 28. The van der Waals surface area contributed by atoms with E-state index in [9.17, 15) is 14.4 Å². The SMILES string of the molecule is CCCCCCCCCCCCCCCCCCC(=O)OC[C@H](COC(=O)CCCCCCCCCCC)OC(=O)CCCCCCCCC(C)CC. The second kappa shape index (κ2) is 41.6. The second-order valence-corrected chi connectivity index (χ2v) is 16.3. The predicted molar refractivity (Wildman–Crippen MR) is 224 cm³/mol. The molecule has 0 aliphatic rings. The van der Waals surface area contributed by atoms with Gasteiger partial charge in [0.05, 0.1) is 0 Å². The van der Waals surface area contributed by atoms with Crippen LogP contribution in [0.4, 0.5) is 0 Å². The molecule has 0 aromatic heterocycles. The Morgan fingerprint density at radius 2 is 0.660 bits per heavy atom. The Morgan fingerprint density at radius 3 is 0.981 bits per heavy atom. The Kier molecular flexibility index (Phi) is 40.3. The minimum absolute atomic E-state index is 0.0646. The van der Waals surface area contributed by atoms with Crippen molar-refractivity contribution in [2.24, 2.45) is 5.92 Å². The normalized spacial score (nSPS) is 12.5. The fourth-order valence-electron chi connectivity index (χ4n) is 6.95. The molecule has 0 spiro atoms. The molecule has 0 aromatic rings. The zero-order valence-corrected chi connectivity index (χ0v) is 36.0. The minimum Gasteiger partial charge on any atom is -0.462 e. The number of hydrogen-bond donors (Lipinski definition) is 0. The van der Waals surface area contributed by atoms with E-state index in [1.165, 1.54) is 154 Å². The van der Waals surface area contributed by atoms with Crippen LogP contribution in [-0.2, 0) is 28.6 Å². The summed E-state index contributed by atoms with van der Waals surface area (Å²) in [5.41, 5.74) is 0. The van der Waals surface area contributed by atoms with Crippen molar-refractivity contribution >= 4 is 17.9 Å². The Morgan fingerprint density at radius 1 is 0.377 bits per heavy atom. The molecule has 53 heavy (non-hydrogen) atoms. The summed E-state index contributed by atoms with van der Waals surface area (Å²) in [4.78, 5) is 37.7. The van der Waals surface area contributed by atoms with Gasteiger partial charge in [-0.05, 0) is 25.2 Å². The summed E-state index contributed by atoms with van der Waals surface area (Å²) >= 11 is 0. The highest BCUT2D eigenvalue weighted by atomic mass is 16.6. The first-order chi connectivity index (χ1) is 25.9. The first-order valence-corrected chi connectivity index (χ1v) is 23.4. The molecule has 0 radical (unpaired) electrons. The summed E-state index contributed by atoms with van der Waals surface area (Å²) in [6.45, 7) is 8.96. The van der Waals surface area contributed by atoms with Crippen molar-refractivity contribution in [3.8, 4) is 0 Å². The Balaban J connectivity index is 4.26. The van der Waals surface area contributed by atoms with E-state index in [0.29, 0.717) is 19.3 Å². The molecule has 1 unspecified atom stereocenters. The van der Waals surface area contributed by atoms with Crippen LogP contribution in [0.15, 0.2) is 0 Å². The van der Waals surface area contributed by atoms with Gasteiger partial charge in [-0.2, -0.15) is 0 Å². The molecule has 0 saturated heterocycles. The lowest BCUT2D eigenvalue weighted by Gasteiger charge is -2.18. The molecule has 314 valence electrons. The maximum atomic E-state index is 12.7. The molecule has 0 saturated carbocycles. The van der Waals surface area contributed by atoms with E-state index in [0.717, 1.165) is 63.7 Å². The zero-order valence-electron chi connectivity index (χ0n) is 36.0. The van der Waals surface area contributed by atoms with Crippen molar-refractivity contribution in [2.75, 3.05) is 13.2 Å². The highest BCUT2D eigenvalue weighted by molar-refractivity contribution is 5.71. The molecule has 0 amide bonds. The molecule has 0 heterocycles. The smallest absolute Gasteiger partial charge is 0.306 e. The molecular formula is C47H90O6. The van der Waals surface area contributed by atoms with Gasteiger partial charge in [-0.15, -0.1) is 0 Å². The zero-order chi connectivity index (χ0) is 38.9. The fourth-order valence-corrected chi connectivity index (χ4v) is 6.95. The van der Waals surface area contributed by atoms with Crippen molar-refractivity contribution in [3.05, 3.63) is 0 Å². The number of ether oxygens (including phenoxy) is 3. The van der Waals surface area contributed by atoms with Crippen molar-refractivity contribution < 1.29 is 28.6 Å². The highest BCUT2D eigenvalue weighted by Crippen LogP contribution is 2.17. The average molecular weight is 751 g/mol. The van der Waals surface area contributed by atoms with Crippen molar-refractivity contribution in [3.63, 3.8) is 0 Å². The predicted octanol–water partition coefficient (Wildman–Crippen LogP) is 14.7. The molecule has 0 aliphatic carbocycles. The van der Waals surface area contributed by atoms with Crippen LogP contribution in [-0.4, -0.2) is 37.2 Å². The van der Waals surface area contributed by atoms with E-state index in [1.54, 1.807) is 0 Å².